The zero-order chi connectivity index (χ0) is 15.5. The summed E-state index contributed by atoms with van der Waals surface area (Å²) in [5.74, 6) is 0.868. The van der Waals surface area contributed by atoms with E-state index in [1.807, 2.05) is 32.9 Å². The van der Waals surface area contributed by atoms with E-state index in [-0.39, 0.29) is 5.92 Å². The molecule has 2 heterocycles. The van der Waals surface area contributed by atoms with E-state index >= 15 is 0 Å². The summed E-state index contributed by atoms with van der Waals surface area (Å²) in [7, 11) is 0. The fraction of sp³-hybridized carbons (Fsp3) is 0.333. The second-order valence-electron chi connectivity index (χ2n) is 5.41. The van der Waals surface area contributed by atoms with E-state index in [9.17, 15) is 0 Å². The number of aryl methyl sites for hydroxylation is 1. The summed E-state index contributed by atoms with van der Waals surface area (Å²) in [6.07, 6.45) is 3.21. The summed E-state index contributed by atoms with van der Waals surface area (Å²) in [6, 6.07) is 6.61. The van der Waals surface area contributed by atoms with Gasteiger partial charge in [-0.1, -0.05) is 31.1 Å². The first kappa shape index (κ1) is 14.2. The van der Waals surface area contributed by atoms with E-state index < -0.39 is 0 Å². The van der Waals surface area contributed by atoms with Crippen LogP contribution in [0.15, 0.2) is 35.3 Å². The number of anilines is 1. The van der Waals surface area contributed by atoms with E-state index in [0.29, 0.717) is 18.5 Å². The highest BCUT2D eigenvalue weighted by atomic mass is 16.4. The van der Waals surface area contributed by atoms with Crippen LogP contribution in [0.25, 0.3) is 5.69 Å². The Labute approximate surface area is 128 Å². The van der Waals surface area contributed by atoms with Crippen molar-refractivity contribution in [2.75, 3.05) is 5.32 Å². The lowest BCUT2D eigenvalue weighted by Gasteiger charge is -2.08. The summed E-state index contributed by atoms with van der Waals surface area (Å²) in [4.78, 5) is 3.97. The molecular weight excluding hydrogens is 280 g/mol. The maximum atomic E-state index is 5.52. The fourth-order valence-corrected chi connectivity index (χ4v) is 2.13. The minimum Gasteiger partial charge on any atom is -0.408 e. The molecule has 0 aliphatic rings. The highest BCUT2D eigenvalue weighted by Gasteiger charge is 2.09. The molecule has 0 atom stereocenters. The van der Waals surface area contributed by atoms with Gasteiger partial charge in [0.15, 0.2) is 0 Å². The monoisotopic (exact) mass is 298 g/mol. The molecule has 3 aromatic rings. The predicted molar refractivity (Wildman–Crippen MR) is 81.8 cm³/mol. The van der Waals surface area contributed by atoms with Crippen molar-refractivity contribution in [3.63, 3.8) is 0 Å². The van der Waals surface area contributed by atoms with Crippen molar-refractivity contribution in [2.24, 2.45) is 0 Å². The Bertz CT molecular complexity index is 747. The lowest BCUT2D eigenvalue weighted by atomic mass is 10.1. The van der Waals surface area contributed by atoms with E-state index in [2.05, 4.69) is 31.7 Å². The number of aromatic nitrogens is 5. The van der Waals surface area contributed by atoms with Crippen LogP contribution in [0.3, 0.4) is 0 Å². The molecule has 0 saturated heterocycles. The smallest absolute Gasteiger partial charge is 0.315 e. The molecule has 22 heavy (non-hydrogen) atoms. The molecule has 0 aliphatic carbocycles. The largest absolute Gasteiger partial charge is 0.408 e. The fourth-order valence-electron chi connectivity index (χ4n) is 2.13. The average molecular weight is 298 g/mol. The molecule has 3 rings (SSSR count). The van der Waals surface area contributed by atoms with Crippen molar-refractivity contribution >= 4 is 6.01 Å². The number of nitrogens with zero attached hydrogens (tertiary/aromatic N) is 5. The topological polar surface area (TPSA) is 81.7 Å². The lowest BCUT2D eigenvalue weighted by Crippen LogP contribution is -2.02. The summed E-state index contributed by atoms with van der Waals surface area (Å²) in [5, 5.41) is 15.3. The van der Waals surface area contributed by atoms with Crippen LogP contribution in [0.2, 0.25) is 0 Å². The molecule has 114 valence electrons. The first-order chi connectivity index (χ1) is 10.6. The Balaban J connectivity index is 1.69. The van der Waals surface area contributed by atoms with Crippen molar-refractivity contribution in [1.82, 2.24) is 25.0 Å². The molecule has 0 bridgehead atoms. The van der Waals surface area contributed by atoms with Crippen LogP contribution < -0.4 is 5.32 Å². The third-order valence-electron chi connectivity index (χ3n) is 3.31. The number of nitrogens with one attached hydrogen (secondary N) is 1. The normalized spacial score (nSPS) is 11.1. The van der Waals surface area contributed by atoms with Crippen molar-refractivity contribution in [3.8, 4) is 5.69 Å². The first-order valence-corrected chi connectivity index (χ1v) is 7.15. The van der Waals surface area contributed by atoms with E-state index in [4.69, 9.17) is 4.42 Å². The van der Waals surface area contributed by atoms with Gasteiger partial charge in [-0.2, -0.15) is 5.10 Å². The zero-order valence-electron chi connectivity index (χ0n) is 12.8. The number of rotatable bonds is 5. The maximum Gasteiger partial charge on any atom is 0.315 e. The Morgan fingerprint density at radius 3 is 2.77 bits per heavy atom. The molecule has 2 aromatic heterocycles. The first-order valence-electron chi connectivity index (χ1n) is 7.15. The van der Waals surface area contributed by atoms with Gasteiger partial charge in [0.1, 0.15) is 12.7 Å². The van der Waals surface area contributed by atoms with Crippen LogP contribution in [-0.4, -0.2) is 25.0 Å². The van der Waals surface area contributed by atoms with Crippen LogP contribution in [0.4, 0.5) is 6.01 Å². The highest BCUT2D eigenvalue weighted by Crippen LogP contribution is 2.17. The molecule has 0 unspecified atom stereocenters. The number of hydrogen-bond donors (Lipinski definition) is 1. The molecule has 0 fully saturated rings. The third-order valence-corrected chi connectivity index (χ3v) is 3.31. The SMILES string of the molecule is Cc1cc(CNc2nnc(C(C)C)o2)ccc1-n1cncn1. The van der Waals surface area contributed by atoms with Gasteiger partial charge in [0.25, 0.3) is 0 Å². The van der Waals surface area contributed by atoms with E-state index in [1.54, 1.807) is 11.0 Å². The second-order valence-corrected chi connectivity index (χ2v) is 5.41. The molecule has 0 saturated carbocycles. The molecule has 7 heteroatoms. The van der Waals surface area contributed by atoms with Gasteiger partial charge < -0.3 is 9.73 Å². The molecule has 1 N–H and O–H groups in total. The summed E-state index contributed by atoms with van der Waals surface area (Å²) in [5.41, 5.74) is 3.27. The number of benzene rings is 1. The van der Waals surface area contributed by atoms with E-state index in [0.717, 1.165) is 16.8 Å². The van der Waals surface area contributed by atoms with Crippen LogP contribution >= 0.6 is 0 Å². The minimum atomic E-state index is 0.229. The summed E-state index contributed by atoms with van der Waals surface area (Å²) < 4.78 is 7.27. The van der Waals surface area contributed by atoms with Gasteiger partial charge in [0, 0.05) is 12.5 Å². The van der Waals surface area contributed by atoms with Crippen molar-refractivity contribution < 1.29 is 4.42 Å². The van der Waals surface area contributed by atoms with Gasteiger partial charge in [-0.15, -0.1) is 5.10 Å². The minimum absolute atomic E-state index is 0.229. The van der Waals surface area contributed by atoms with Gasteiger partial charge in [-0.05, 0) is 24.1 Å². The van der Waals surface area contributed by atoms with Crippen LogP contribution in [-0.2, 0) is 6.54 Å². The van der Waals surface area contributed by atoms with Gasteiger partial charge in [-0.3, -0.25) is 0 Å². The average Bonchev–Trinajstić information content (AvgIpc) is 3.17. The van der Waals surface area contributed by atoms with Crippen molar-refractivity contribution in [1.29, 1.82) is 0 Å². The molecule has 0 aliphatic heterocycles. The maximum absolute atomic E-state index is 5.52. The molecular formula is C15H18N6O. The van der Waals surface area contributed by atoms with Crippen LogP contribution in [0.1, 0.15) is 36.8 Å². The van der Waals surface area contributed by atoms with Gasteiger partial charge >= 0.3 is 6.01 Å². The van der Waals surface area contributed by atoms with Gasteiger partial charge in [0.2, 0.25) is 5.89 Å². The number of hydrogen-bond acceptors (Lipinski definition) is 6. The van der Waals surface area contributed by atoms with Crippen molar-refractivity contribution in [2.45, 2.75) is 33.2 Å². The van der Waals surface area contributed by atoms with Gasteiger partial charge in [0.05, 0.1) is 5.69 Å². The Morgan fingerprint density at radius 1 is 1.27 bits per heavy atom. The van der Waals surface area contributed by atoms with Crippen LogP contribution in [0.5, 0.6) is 0 Å². The molecule has 0 amide bonds. The summed E-state index contributed by atoms with van der Waals surface area (Å²) in [6.45, 7) is 6.70. The Kier molecular flexibility index (Phi) is 3.86. The molecule has 0 radical (unpaired) electrons. The molecule has 7 nitrogen and oxygen atoms in total. The Morgan fingerprint density at radius 2 is 2.14 bits per heavy atom. The van der Waals surface area contributed by atoms with E-state index in [1.165, 1.54) is 6.33 Å². The van der Waals surface area contributed by atoms with Gasteiger partial charge in [-0.25, -0.2) is 9.67 Å². The quantitative estimate of drug-likeness (QED) is 0.780. The lowest BCUT2D eigenvalue weighted by molar-refractivity contribution is 0.480. The molecule has 1 aromatic carbocycles. The molecule has 0 spiro atoms. The predicted octanol–water partition coefficient (Wildman–Crippen LogP) is 2.69. The highest BCUT2D eigenvalue weighted by molar-refractivity contribution is 5.42. The second kappa shape index (κ2) is 5.97. The third kappa shape index (κ3) is 2.98. The Hall–Kier alpha value is -2.70. The van der Waals surface area contributed by atoms with Crippen LogP contribution in [0, 0.1) is 6.92 Å². The van der Waals surface area contributed by atoms with Crippen molar-refractivity contribution in [3.05, 3.63) is 47.9 Å². The standard InChI is InChI=1S/C15H18N6O/c1-10(2)14-19-20-15(22-14)17-7-12-4-5-13(11(3)6-12)21-9-16-8-18-21/h4-6,8-10H,7H2,1-3H3,(H,17,20). The zero-order valence-corrected chi connectivity index (χ0v) is 12.8. The summed E-state index contributed by atoms with van der Waals surface area (Å²) >= 11 is 0.